The van der Waals surface area contributed by atoms with Crippen molar-refractivity contribution < 1.29 is 14.3 Å². The lowest BCUT2D eigenvalue weighted by Gasteiger charge is -2.09. The molecule has 1 amide bonds. The molecular formula is C22H19N5O3S. The molecule has 5 rings (SSSR count). The van der Waals surface area contributed by atoms with Crippen LogP contribution in [0.4, 0.5) is 5.69 Å². The maximum Gasteiger partial charge on any atom is 0.234 e. The topological polar surface area (TPSA) is 91.2 Å². The van der Waals surface area contributed by atoms with E-state index >= 15 is 0 Å². The average Bonchev–Trinajstić information content (AvgIpc) is 3.41. The Morgan fingerprint density at radius 1 is 1.10 bits per heavy atom. The number of aromatic nitrogens is 4. The van der Waals surface area contributed by atoms with Gasteiger partial charge in [0.2, 0.25) is 12.7 Å². The van der Waals surface area contributed by atoms with Gasteiger partial charge in [-0.05, 0) is 38.1 Å². The molecule has 1 aliphatic rings. The zero-order chi connectivity index (χ0) is 21.4. The number of ether oxygens (including phenoxy) is 2. The summed E-state index contributed by atoms with van der Waals surface area (Å²) in [5.74, 6) is 1.33. The number of thioether (sulfide) groups is 1. The van der Waals surface area contributed by atoms with Crippen LogP contribution in [0.5, 0.6) is 11.5 Å². The zero-order valence-electron chi connectivity index (χ0n) is 17.0. The number of carbonyl (C=O) groups is 1. The Hall–Kier alpha value is -3.59. The number of rotatable bonds is 5. The molecule has 1 N–H and O–H groups in total. The SMILES string of the molecule is Cc1ccc(-n2ncc3c(C)nnc(SCC(=O)Nc4ccc5c(c4)OCO5)c32)cc1. The van der Waals surface area contributed by atoms with Crippen molar-refractivity contribution in [1.29, 1.82) is 0 Å². The molecule has 1 aliphatic heterocycles. The molecule has 0 radical (unpaired) electrons. The highest BCUT2D eigenvalue weighted by Crippen LogP contribution is 2.34. The fourth-order valence-corrected chi connectivity index (χ4v) is 4.10. The number of fused-ring (bicyclic) bond motifs is 2. The van der Waals surface area contributed by atoms with E-state index in [0.717, 1.165) is 22.3 Å². The number of hydrogen-bond acceptors (Lipinski definition) is 7. The predicted octanol–water partition coefficient (Wildman–Crippen LogP) is 3.89. The molecule has 8 nitrogen and oxygen atoms in total. The third-order valence-corrected chi connectivity index (χ3v) is 5.88. The monoisotopic (exact) mass is 433 g/mol. The minimum atomic E-state index is -0.152. The number of anilines is 1. The van der Waals surface area contributed by atoms with Crippen LogP contribution in [0.15, 0.2) is 53.7 Å². The molecule has 2 aromatic heterocycles. The minimum absolute atomic E-state index is 0.152. The molecule has 0 saturated carbocycles. The van der Waals surface area contributed by atoms with Gasteiger partial charge >= 0.3 is 0 Å². The molecular weight excluding hydrogens is 414 g/mol. The van der Waals surface area contributed by atoms with Crippen molar-refractivity contribution in [3.8, 4) is 17.2 Å². The van der Waals surface area contributed by atoms with Crippen LogP contribution >= 0.6 is 11.8 Å². The van der Waals surface area contributed by atoms with Crippen LogP contribution in [-0.2, 0) is 4.79 Å². The van der Waals surface area contributed by atoms with Gasteiger partial charge < -0.3 is 14.8 Å². The lowest BCUT2D eigenvalue weighted by atomic mass is 10.2. The average molecular weight is 433 g/mol. The number of carbonyl (C=O) groups excluding carboxylic acids is 1. The van der Waals surface area contributed by atoms with E-state index in [-0.39, 0.29) is 18.5 Å². The Morgan fingerprint density at radius 2 is 1.90 bits per heavy atom. The van der Waals surface area contributed by atoms with E-state index in [1.54, 1.807) is 24.4 Å². The summed E-state index contributed by atoms with van der Waals surface area (Å²) in [6.07, 6.45) is 1.79. The summed E-state index contributed by atoms with van der Waals surface area (Å²) in [5, 5.41) is 17.6. The van der Waals surface area contributed by atoms with Crippen molar-refractivity contribution in [1.82, 2.24) is 20.0 Å². The first-order chi connectivity index (χ1) is 15.1. The van der Waals surface area contributed by atoms with Crippen LogP contribution in [0.1, 0.15) is 11.3 Å². The van der Waals surface area contributed by atoms with E-state index in [2.05, 4.69) is 20.6 Å². The van der Waals surface area contributed by atoms with Crippen LogP contribution in [0.3, 0.4) is 0 Å². The Labute approximate surface area is 182 Å². The van der Waals surface area contributed by atoms with Gasteiger partial charge in [-0.25, -0.2) is 4.68 Å². The molecule has 0 fully saturated rings. The molecule has 156 valence electrons. The molecule has 0 atom stereocenters. The second-order valence-corrected chi connectivity index (χ2v) is 8.11. The summed E-state index contributed by atoms with van der Waals surface area (Å²) in [6, 6.07) is 13.4. The van der Waals surface area contributed by atoms with Gasteiger partial charge in [0.25, 0.3) is 0 Å². The van der Waals surface area contributed by atoms with Crippen molar-refractivity contribution in [2.75, 3.05) is 17.9 Å². The highest BCUT2D eigenvalue weighted by molar-refractivity contribution is 8.00. The summed E-state index contributed by atoms with van der Waals surface area (Å²) in [6.45, 7) is 4.14. The molecule has 4 aromatic rings. The molecule has 3 heterocycles. The molecule has 0 spiro atoms. The first kappa shape index (κ1) is 19.4. The van der Waals surface area contributed by atoms with E-state index in [4.69, 9.17) is 9.47 Å². The smallest absolute Gasteiger partial charge is 0.234 e. The first-order valence-electron chi connectivity index (χ1n) is 9.69. The first-order valence-corrected chi connectivity index (χ1v) is 10.7. The standard InChI is InChI=1S/C22H19N5O3S/c1-13-3-6-16(7-4-13)27-21-17(10-23-27)14(2)25-26-22(21)31-11-20(28)24-15-5-8-18-19(9-15)30-12-29-18/h3-10H,11-12H2,1-2H3,(H,24,28). The largest absolute Gasteiger partial charge is 0.454 e. The number of nitrogens with zero attached hydrogens (tertiary/aromatic N) is 4. The zero-order valence-corrected chi connectivity index (χ0v) is 17.8. The van der Waals surface area contributed by atoms with Crippen molar-refractivity contribution in [2.45, 2.75) is 18.9 Å². The number of nitrogens with one attached hydrogen (secondary N) is 1. The summed E-state index contributed by atoms with van der Waals surface area (Å²) >= 11 is 1.33. The van der Waals surface area contributed by atoms with Crippen molar-refractivity contribution >= 4 is 34.3 Å². The van der Waals surface area contributed by atoms with E-state index in [9.17, 15) is 4.79 Å². The molecule has 0 bridgehead atoms. The van der Waals surface area contributed by atoms with E-state index in [1.165, 1.54) is 17.3 Å². The van der Waals surface area contributed by atoms with Gasteiger partial charge in [-0.1, -0.05) is 29.5 Å². The quantitative estimate of drug-likeness (QED) is 0.478. The molecule has 31 heavy (non-hydrogen) atoms. The van der Waals surface area contributed by atoms with Crippen LogP contribution in [0, 0.1) is 13.8 Å². The highest BCUT2D eigenvalue weighted by Gasteiger charge is 2.17. The normalized spacial score (nSPS) is 12.3. The van der Waals surface area contributed by atoms with Gasteiger partial charge in [0.15, 0.2) is 11.5 Å². The Morgan fingerprint density at radius 3 is 2.74 bits per heavy atom. The van der Waals surface area contributed by atoms with E-state index < -0.39 is 0 Å². The van der Waals surface area contributed by atoms with Crippen molar-refractivity contribution in [2.24, 2.45) is 0 Å². The Balaban J connectivity index is 1.37. The molecule has 9 heteroatoms. The van der Waals surface area contributed by atoms with Gasteiger partial charge in [0.1, 0.15) is 10.5 Å². The van der Waals surface area contributed by atoms with Crippen LogP contribution in [-0.4, -0.2) is 38.4 Å². The second-order valence-electron chi connectivity index (χ2n) is 7.15. The van der Waals surface area contributed by atoms with E-state index in [1.807, 2.05) is 42.8 Å². The fourth-order valence-electron chi connectivity index (χ4n) is 3.32. The fraction of sp³-hybridized carbons (Fsp3) is 0.182. The number of benzene rings is 2. The summed E-state index contributed by atoms with van der Waals surface area (Å²) < 4.78 is 12.5. The van der Waals surface area contributed by atoms with Crippen LogP contribution < -0.4 is 14.8 Å². The van der Waals surface area contributed by atoms with Crippen molar-refractivity contribution in [3.05, 3.63) is 59.9 Å². The van der Waals surface area contributed by atoms with Crippen molar-refractivity contribution in [3.63, 3.8) is 0 Å². The molecule has 0 unspecified atom stereocenters. The van der Waals surface area contributed by atoms with E-state index in [0.29, 0.717) is 22.2 Å². The van der Waals surface area contributed by atoms with Gasteiger partial charge in [-0.3, -0.25) is 4.79 Å². The predicted molar refractivity (Wildman–Crippen MR) is 118 cm³/mol. The summed E-state index contributed by atoms with van der Waals surface area (Å²) in [5.41, 5.74) is 4.39. The summed E-state index contributed by atoms with van der Waals surface area (Å²) in [7, 11) is 0. The third kappa shape index (κ3) is 3.79. The third-order valence-electron chi connectivity index (χ3n) is 4.93. The van der Waals surface area contributed by atoms with Crippen LogP contribution in [0.2, 0.25) is 0 Å². The number of hydrogen-bond donors (Lipinski definition) is 1. The van der Waals surface area contributed by atoms with Gasteiger partial charge in [-0.15, -0.1) is 5.10 Å². The molecule has 0 aliphatic carbocycles. The molecule has 2 aromatic carbocycles. The second kappa shape index (κ2) is 7.92. The lowest BCUT2D eigenvalue weighted by molar-refractivity contribution is -0.113. The highest BCUT2D eigenvalue weighted by atomic mass is 32.2. The molecule has 0 saturated heterocycles. The number of aryl methyl sites for hydroxylation is 2. The Kier molecular flexibility index (Phi) is 4.95. The van der Waals surface area contributed by atoms with Gasteiger partial charge in [0, 0.05) is 17.1 Å². The van der Waals surface area contributed by atoms with Gasteiger partial charge in [0.05, 0.1) is 23.3 Å². The minimum Gasteiger partial charge on any atom is -0.454 e. The summed E-state index contributed by atoms with van der Waals surface area (Å²) in [4.78, 5) is 12.5. The lowest BCUT2D eigenvalue weighted by Crippen LogP contribution is -2.14. The number of amides is 1. The maximum atomic E-state index is 12.5. The maximum absolute atomic E-state index is 12.5. The Bertz CT molecular complexity index is 1290. The van der Waals surface area contributed by atoms with Crippen LogP contribution in [0.25, 0.3) is 16.6 Å². The van der Waals surface area contributed by atoms with Gasteiger partial charge in [-0.2, -0.15) is 10.2 Å².